The van der Waals surface area contributed by atoms with Gasteiger partial charge in [0, 0.05) is 29.1 Å². The second-order valence-corrected chi connectivity index (χ2v) is 13.0. The molecule has 186 valence electrons. The van der Waals surface area contributed by atoms with Crippen LogP contribution < -0.4 is 5.73 Å². The topological polar surface area (TPSA) is 92.3 Å². The highest BCUT2D eigenvalue weighted by atomic mass is 32.2. The number of H-pyrrole nitrogens is 1. The molecule has 2 unspecified atom stereocenters. The number of aryl methyl sites for hydroxylation is 2. The lowest BCUT2D eigenvalue weighted by atomic mass is 9.73. The minimum atomic E-state index is -0.206. The quantitative estimate of drug-likeness (QED) is 0.542. The largest absolute Gasteiger partial charge is 0.369 e. The highest BCUT2D eigenvalue weighted by Crippen LogP contribution is 2.64. The first-order chi connectivity index (χ1) is 16.6. The Kier molecular flexibility index (Phi) is 5.17. The molecular weight excluding hydrogens is 456 g/mol. The molecule has 0 aromatic carbocycles. The summed E-state index contributed by atoms with van der Waals surface area (Å²) in [5.74, 6) is 2.75. The summed E-state index contributed by atoms with van der Waals surface area (Å²) < 4.78 is 2.08. The smallest absolute Gasteiger partial charge is 0.231 e. The Hall–Kier alpha value is -2.32. The van der Waals surface area contributed by atoms with Crippen molar-refractivity contribution in [2.75, 3.05) is 13.1 Å². The van der Waals surface area contributed by atoms with Crippen LogP contribution in [-0.4, -0.2) is 54.3 Å². The Morgan fingerprint density at radius 3 is 2.77 bits per heavy atom. The van der Waals surface area contributed by atoms with E-state index in [-0.39, 0.29) is 10.7 Å². The lowest BCUT2D eigenvalue weighted by Gasteiger charge is -2.42. The van der Waals surface area contributed by atoms with E-state index in [9.17, 15) is 4.79 Å². The first kappa shape index (κ1) is 23.1. The second-order valence-electron chi connectivity index (χ2n) is 11.5. The molecule has 5 atom stereocenters. The number of aromatic amines is 1. The van der Waals surface area contributed by atoms with Crippen LogP contribution in [0, 0.1) is 25.7 Å². The molecule has 0 spiro atoms. The molecule has 0 radical (unpaired) electrons. The predicted octanol–water partition coefficient (Wildman–Crippen LogP) is 4.63. The van der Waals surface area contributed by atoms with Gasteiger partial charge in [0.25, 0.3) is 0 Å². The molecule has 6 rings (SSSR count). The number of carbonyl (C=O) groups excluding carboxylic acids is 1. The number of primary amides is 1. The molecule has 1 aliphatic carbocycles. The average Bonchev–Trinajstić information content (AvgIpc) is 3.55. The summed E-state index contributed by atoms with van der Waals surface area (Å²) in [6.07, 6.45) is 4.49. The summed E-state index contributed by atoms with van der Waals surface area (Å²) in [5.41, 5.74) is 12.9. The SMILES string of the molecule is Cc1nc2c(C)cc(-c3[nH]c4c(c3C(C)C)C(C)C(C)([C@@H]3C[C@@H]5C[C@H]3CN5CC(N)=O)S4)cn2n1. The third kappa shape index (κ3) is 3.39. The third-order valence-corrected chi connectivity index (χ3v) is 10.6. The van der Waals surface area contributed by atoms with Crippen LogP contribution in [0.25, 0.3) is 16.9 Å². The van der Waals surface area contributed by atoms with Crippen molar-refractivity contribution in [3.8, 4) is 11.3 Å². The van der Waals surface area contributed by atoms with Gasteiger partial charge >= 0.3 is 0 Å². The van der Waals surface area contributed by atoms with Crippen molar-refractivity contribution in [1.29, 1.82) is 0 Å². The number of carbonyl (C=O) groups is 1. The van der Waals surface area contributed by atoms with Crippen molar-refractivity contribution in [1.82, 2.24) is 24.5 Å². The second kappa shape index (κ2) is 7.84. The zero-order valence-electron chi connectivity index (χ0n) is 21.6. The number of likely N-dealkylation sites (tertiary alicyclic amines) is 1. The number of nitrogens with zero attached hydrogens (tertiary/aromatic N) is 4. The third-order valence-electron chi connectivity index (χ3n) is 9.00. The van der Waals surface area contributed by atoms with Crippen LogP contribution in [0.15, 0.2) is 17.3 Å². The van der Waals surface area contributed by atoms with Gasteiger partial charge in [-0.15, -0.1) is 11.8 Å². The van der Waals surface area contributed by atoms with Crippen molar-refractivity contribution >= 4 is 23.3 Å². The highest BCUT2D eigenvalue weighted by molar-refractivity contribution is 8.01. The van der Waals surface area contributed by atoms with E-state index in [2.05, 4.69) is 78.6 Å². The first-order valence-electron chi connectivity index (χ1n) is 12.9. The van der Waals surface area contributed by atoms with Gasteiger partial charge in [-0.25, -0.2) is 9.50 Å². The van der Waals surface area contributed by atoms with Crippen molar-refractivity contribution < 1.29 is 4.79 Å². The number of rotatable bonds is 5. The van der Waals surface area contributed by atoms with Crippen LogP contribution in [0.3, 0.4) is 0 Å². The number of aromatic nitrogens is 4. The zero-order chi connectivity index (χ0) is 24.8. The summed E-state index contributed by atoms with van der Waals surface area (Å²) in [5, 5.41) is 5.92. The van der Waals surface area contributed by atoms with E-state index >= 15 is 0 Å². The maximum absolute atomic E-state index is 11.5. The van der Waals surface area contributed by atoms with E-state index < -0.39 is 0 Å². The van der Waals surface area contributed by atoms with Gasteiger partial charge in [-0.1, -0.05) is 20.8 Å². The summed E-state index contributed by atoms with van der Waals surface area (Å²) >= 11 is 2.06. The normalized spacial score (nSPS) is 30.1. The van der Waals surface area contributed by atoms with Gasteiger partial charge in [0.05, 0.1) is 17.3 Å². The number of nitrogens with two attached hydrogens (primary N) is 1. The fraction of sp³-hybridized carbons (Fsp3) is 0.593. The van der Waals surface area contributed by atoms with Crippen molar-refractivity contribution in [3.05, 3.63) is 34.8 Å². The number of amides is 1. The maximum atomic E-state index is 11.5. The molecule has 5 heterocycles. The van der Waals surface area contributed by atoms with Crippen molar-refractivity contribution in [2.24, 2.45) is 17.6 Å². The van der Waals surface area contributed by atoms with Crippen LogP contribution >= 0.6 is 11.8 Å². The first-order valence-corrected chi connectivity index (χ1v) is 13.7. The van der Waals surface area contributed by atoms with E-state index in [1.165, 1.54) is 40.3 Å². The number of hydrogen-bond acceptors (Lipinski definition) is 5. The molecule has 3 aromatic rings. The summed E-state index contributed by atoms with van der Waals surface area (Å²) in [7, 11) is 0. The number of nitrogens with one attached hydrogen (secondary N) is 1. The molecule has 2 bridgehead atoms. The van der Waals surface area contributed by atoms with Crippen LogP contribution in [-0.2, 0) is 4.79 Å². The van der Waals surface area contributed by atoms with E-state index in [1.54, 1.807) is 0 Å². The van der Waals surface area contributed by atoms with Crippen LogP contribution in [0.5, 0.6) is 0 Å². The van der Waals surface area contributed by atoms with E-state index in [1.807, 2.05) is 11.4 Å². The van der Waals surface area contributed by atoms with E-state index in [4.69, 9.17) is 5.73 Å². The molecule has 1 saturated carbocycles. The van der Waals surface area contributed by atoms with Gasteiger partial charge in [-0.05, 0) is 80.0 Å². The number of piperidine rings is 1. The predicted molar refractivity (Wildman–Crippen MR) is 140 cm³/mol. The number of fused-ring (bicyclic) bond motifs is 4. The van der Waals surface area contributed by atoms with Crippen LogP contribution in [0.4, 0.5) is 0 Å². The van der Waals surface area contributed by atoms with Gasteiger partial charge in [0.1, 0.15) is 5.82 Å². The number of thioether (sulfide) groups is 1. The average molecular weight is 493 g/mol. The van der Waals surface area contributed by atoms with Gasteiger partial charge < -0.3 is 10.7 Å². The van der Waals surface area contributed by atoms with Gasteiger partial charge in [0.2, 0.25) is 5.91 Å². The van der Waals surface area contributed by atoms with E-state index in [0.29, 0.717) is 36.3 Å². The monoisotopic (exact) mass is 492 g/mol. The fourth-order valence-electron chi connectivity index (χ4n) is 7.37. The van der Waals surface area contributed by atoms with Gasteiger partial charge in [-0.2, -0.15) is 5.10 Å². The molecule has 3 aliphatic rings. The molecule has 1 saturated heterocycles. The Morgan fingerprint density at radius 1 is 1.34 bits per heavy atom. The minimum Gasteiger partial charge on any atom is -0.369 e. The standard InChI is InChI=1S/C27H36N6OS/c1-13(2)22-23-15(4)27(6,20-9-19-8-17(20)10-32(19)12-21(28)34)35-26(23)30-24(22)18-7-14(3)25-29-16(5)31-33(25)11-18/h7,11,13,15,17,19-20,30H,8-10,12H2,1-6H3,(H2,28,34)/t15?,17-,19-,20+,27?/m0/s1. The molecule has 2 aliphatic heterocycles. The van der Waals surface area contributed by atoms with Gasteiger partial charge in [0.15, 0.2) is 5.65 Å². The molecule has 7 nitrogen and oxygen atoms in total. The summed E-state index contributed by atoms with van der Waals surface area (Å²) in [6.45, 7) is 15.0. The summed E-state index contributed by atoms with van der Waals surface area (Å²) in [4.78, 5) is 22.3. The van der Waals surface area contributed by atoms with Gasteiger partial charge in [-0.3, -0.25) is 9.69 Å². The molecular formula is C27H36N6OS. The molecule has 3 aromatic heterocycles. The minimum absolute atomic E-state index is 0.157. The lowest BCUT2D eigenvalue weighted by Crippen LogP contribution is -2.46. The van der Waals surface area contributed by atoms with Crippen molar-refractivity contribution in [3.63, 3.8) is 0 Å². The lowest BCUT2D eigenvalue weighted by molar-refractivity contribution is -0.119. The molecule has 2 fully saturated rings. The number of pyridine rings is 1. The molecule has 35 heavy (non-hydrogen) atoms. The van der Waals surface area contributed by atoms with E-state index in [0.717, 1.165) is 23.6 Å². The summed E-state index contributed by atoms with van der Waals surface area (Å²) in [6, 6.07) is 2.75. The molecule has 1 amide bonds. The zero-order valence-corrected chi connectivity index (χ0v) is 22.4. The fourth-order valence-corrected chi connectivity index (χ4v) is 9.09. The molecule has 8 heteroatoms. The van der Waals surface area contributed by atoms with Crippen LogP contribution in [0.1, 0.15) is 74.9 Å². The Bertz CT molecular complexity index is 1340. The Balaban J connectivity index is 1.35. The molecule has 3 N–H and O–H groups in total. The Morgan fingerprint density at radius 2 is 2.11 bits per heavy atom. The number of hydrogen-bond donors (Lipinski definition) is 2. The van der Waals surface area contributed by atoms with Crippen LogP contribution in [0.2, 0.25) is 0 Å². The van der Waals surface area contributed by atoms with Crippen molar-refractivity contribution in [2.45, 2.75) is 82.0 Å². The highest BCUT2D eigenvalue weighted by Gasteiger charge is 2.57. The Labute approximate surface area is 211 Å². The maximum Gasteiger partial charge on any atom is 0.231 e.